The van der Waals surface area contributed by atoms with Gasteiger partial charge >= 0.3 is 0 Å². The van der Waals surface area contributed by atoms with Crippen molar-refractivity contribution in [1.29, 1.82) is 0 Å². The first-order chi connectivity index (χ1) is 8.43. The third-order valence-corrected chi connectivity index (χ3v) is 2.99. The fraction of sp³-hybridized carbons (Fsp3) is 0.462. The number of benzene rings is 1. The van der Waals surface area contributed by atoms with Gasteiger partial charge in [-0.2, -0.15) is 0 Å². The van der Waals surface area contributed by atoms with Crippen LogP contribution >= 0.6 is 15.9 Å². The second kappa shape index (κ2) is 6.64. The van der Waals surface area contributed by atoms with E-state index in [-0.39, 0.29) is 11.9 Å². The van der Waals surface area contributed by atoms with Crippen LogP contribution < -0.4 is 16.0 Å². The molecule has 0 saturated heterocycles. The molecule has 5 heteroatoms. The van der Waals surface area contributed by atoms with Gasteiger partial charge in [-0.1, -0.05) is 15.9 Å². The molecule has 0 bridgehead atoms. The Kier molecular flexibility index (Phi) is 5.47. The van der Waals surface area contributed by atoms with E-state index in [0.717, 1.165) is 16.7 Å². The number of carbonyl (C=O) groups excluding carboxylic acids is 1. The number of carbonyl (C=O) groups is 1. The molecule has 1 aromatic carbocycles. The van der Waals surface area contributed by atoms with Gasteiger partial charge in [0, 0.05) is 17.1 Å². The Morgan fingerprint density at radius 1 is 1.50 bits per heavy atom. The van der Waals surface area contributed by atoms with E-state index in [9.17, 15) is 4.79 Å². The Morgan fingerprint density at radius 2 is 2.17 bits per heavy atom. The first kappa shape index (κ1) is 14.8. The molecule has 0 unspecified atom stereocenters. The first-order valence-corrected chi connectivity index (χ1v) is 6.82. The molecule has 1 rings (SSSR count). The standard InChI is InChI=1S/C13H20BrN3O/c1-4-17(8-13(18)16-9(2)3)12-7-10(14)5-6-11(12)15/h5-7,9H,4,8,15H2,1-3H3,(H,16,18). The molecule has 0 aliphatic carbocycles. The van der Waals surface area contributed by atoms with Gasteiger partial charge in [0.05, 0.1) is 17.9 Å². The number of nitrogens with one attached hydrogen (secondary N) is 1. The van der Waals surface area contributed by atoms with E-state index in [4.69, 9.17) is 5.73 Å². The topological polar surface area (TPSA) is 58.4 Å². The molecule has 4 nitrogen and oxygen atoms in total. The molecular formula is C13H20BrN3O. The zero-order valence-electron chi connectivity index (χ0n) is 11.0. The zero-order valence-corrected chi connectivity index (χ0v) is 12.6. The van der Waals surface area contributed by atoms with Crippen molar-refractivity contribution in [3.63, 3.8) is 0 Å². The maximum absolute atomic E-state index is 11.8. The van der Waals surface area contributed by atoms with Gasteiger partial charge in [0.25, 0.3) is 0 Å². The highest BCUT2D eigenvalue weighted by Gasteiger charge is 2.13. The summed E-state index contributed by atoms with van der Waals surface area (Å²) < 4.78 is 0.953. The van der Waals surface area contributed by atoms with Gasteiger partial charge in [0.15, 0.2) is 0 Å². The maximum Gasteiger partial charge on any atom is 0.239 e. The Labute approximate surface area is 117 Å². The molecule has 0 atom stereocenters. The lowest BCUT2D eigenvalue weighted by atomic mass is 10.2. The van der Waals surface area contributed by atoms with Crippen molar-refractivity contribution in [3.05, 3.63) is 22.7 Å². The smallest absolute Gasteiger partial charge is 0.239 e. The molecule has 0 heterocycles. The van der Waals surface area contributed by atoms with E-state index in [1.165, 1.54) is 0 Å². The molecular weight excluding hydrogens is 294 g/mol. The largest absolute Gasteiger partial charge is 0.397 e. The third-order valence-electron chi connectivity index (χ3n) is 2.50. The third kappa shape index (κ3) is 4.22. The maximum atomic E-state index is 11.8. The van der Waals surface area contributed by atoms with E-state index in [1.54, 1.807) is 0 Å². The lowest BCUT2D eigenvalue weighted by Crippen LogP contribution is -2.40. The number of hydrogen-bond acceptors (Lipinski definition) is 3. The summed E-state index contributed by atoms with van der Waals surface area (Å²) in [5.41, 5.74) is 7.51. The molecule has 0 radical (unpaired) electrons. The van der Waals surface area contributed by atoms with E-state index in [2.05, 4.69) is 21.2 Å². The Hall–Kier alpha value is -1.23. The van der Waals surface area contributed by atoms with E-state index in [0.29, 0.717) is 12.2 Å². The van der Waals surface area contributed by atoms with Gasteiger partial charge in [-0.25, -0.2) is 0 Å². The van der Waals surface area contributed by atoms with Crippen LogP contribution in [-0.4, -0.2) is 25.0 Å². The van der Waals surface area contributed by atoms with E-state index < -0.39 is 0 Å². The van der Waals surface area contributed by atoms with Crippen LogP contribution in [0.5, 0.6) is 0 Å². The molecule has 18 heavy (non-hydrogen) atoms. The fourth-order valence-corrected chi connectivity index (χ4v) is 2.05. The quantitative estimate of drug-likeness (QED) is 0.821. The van der Waals surface area contributed by atoms with Crippen molar-refractivity contribution in [1.82, 2.24) is 5.32 Å². The summed E-state index contributed by atoms with van der Waals surface area (Å²) in [5, 5.41) is 2.88. The summed E-state index contributed by atoms with van der Waals surface area (Å²) in [6.45, 7) is 6.94. The van der Waals surface area contributed by atoms with Gasteiger partial charge in [0.2, 0.25) is 5.91 Å². The molecule has 0 saturated carbocycles. The number of anilines is 2. The van der Waals surface area contributed by atoms with Gasteiger partial charge < -0.3 is 16.0 Å². The molecule has 0 aromatic heterocycles. The van der Waals surface area contributed by atoms with Gasteiger partial charge in [0.1, 0.15) is 0 Å². The summed E-state index contributed by atoms with van der Waals surface area (Å²) in [7, 11) is 0. The minimum Gasteiger partial charge on any atom is -0.397 e. The monoisotopic (exact) mass is 313 g/mol. The molecule has 3 N–H and O–H groups in total. The van der Waals surface area contributed by atoms with Crippen molar-refractivity contribution in [2.45, 2.75) is 26.8 Å². The number of rotatable bonds is 5. The molecule has 1 amide bonds. The number of halogens is 1. The summed E-state index contributed by atoms with van der Waals surface area (Å²) in [4.78, 5) is 13.7. The molecule has 1 aromatic rings. The van der Waals surface area contributed by atoms with Crippen molar-refractivity contribution in [2.75, 3.05) is 23.7 Å². The minimum atomic E-state index is 0.00576. The van der Waals surface area contributed by atoms with Crippen LogP contribution in [0.25, 0.3) is 0 Å². The lowest BCUT2D eigenvalue weighted by molar-refractivity contribution is -0.120. The van der Waals surface area contributed by atoms with Crippen molar-refractivity contribution < 1.29 is 4.79 Å². The summed E-state index contributed by atoms with van der Waals surface area (Å²) in [6, 6.07) is 5.81. The van der Waals surface area contributed by atoms with Crippen LogP contribution in [0.4, 0.5) is 11.4 Å². The number of nitrogen functional groups attached to an aromatic ring is 1. The summed E-state index contributed by atoms with van der Waals surface area (Å²) in [6.07, 6.45) is 0. The number of likely N-dealkylation sites (N-methyl/N-ethyl adjacent to an activating group) is 1. The van der Waals surface area contributed by atoms with Gasteiger partial charge in [-0.15, -0.1) is 0 Å². The predicted octanol–water partition coefficient (Wildman–Crippen LogP) is 2.38. The summed E-state index contributed by atoms with van der Waals surface area (Å²) >= 11 is 3.42. The van der Waals surface area contributed by atoms with Gasteiger partial charge in [-0.05, 0) is 39.0 Å². The second-order valence-electron chi connectivity index (χ2n) is 4.44. The van der Waals surface area contributed by atoms with Crippen LogP contribution in [0.1, 0.15) is 20.8 Å². The molecule has 0 spiro atoms. The molecule has 0 fully saturated rings. The lowest BCUT2D eigenvalue weighted by Gasteiger charge is -2.24. The number of hydrogen-bond donors (Lipinski definition) is 2. The van der Waals surface area contributed by atoms with Crippen molar-refractivity contribution in [3.8, 4) is 0 Å². The SMILES string of the molecule is CCN(CC(=O)NC(C)C)c1cc(Br)ccc1N. The second-order valence-corrected chi connectivity index (χ2v) is 5.36. The van der Waals surface area contributed by atoms with Crippen LogP contribution in [0.15, 0.2) is 22.7 Å². The summed E-state index contributed by atoms with van der Waals surface area (Å²) in [5.74, 6) is 0.00576. The number of nitrogens with zero attached hydrogens (tertiary/aromatic N) is 1. The molecule has 0 aliphatic rings. The Morgan fingerprint density at radius 3 is 2.72 bits per heavy atom. The van der Waals surface area contributed by atoms with Crippen LogP contribution in [0.2, 0.25) is 0 Å². The highest BCUT2D eigenvalue weighted by atomic mass is 79.9. The van der Waals surface area contributed by atoms with E-state index in [1.807, 2.05) is 43.9 Å². The molecule has 0 aliphatic heterocycles. The van der Waals surface area contributed by atoms with Crippen LogP contribution in [0, 0.1) is 0 Å². The predicted molar refractivity (Wildman–Crippen MR) is 79.7 cm³/mol. The average Bonchev–Trinajstić information content (AvgIpc) is 2.28. The van der Waals surface area contributed by atoms with Crippen LogP contribution in [0.3, 0.4) is 0 Å². The fourth-order valence-electron chi connectivity index (χ4n) is 1.70. The van der Waals surface area contributed by atoms with E-state index >= 15 is 0 Å². The number of nitrogens with two attached hydrogens (primary N) is 1. The minimum absolute atomic E-state index is 0.00576. The average molecular weight is 314 g/mol. The normalized spacial score (nSPS) is 10.5. The van der Waals surface area contributed by atoms with Crippen molar-refractivity contribution >= 4 is 33.2 Å². The molecule has 100 valence electrons. The Balaban J connectivity index is 2.83. The van der Waals surface area contributed by atoms with Gasteiger partial charge in [-0.3, -0.25) is 4.79 Å². The first-order valence-electron chi connectivity index (χ1n) is 6.03. The number of amides is 1. The highest BCUT2D eigenvalue weighted by Crippen LogP contribution is 2.26. The Bertz CT molecular complexity index is 421. The van der Waals surface area contributed by atoms with Crippen molar-refractivity contribution in [2.24, 2.45) is 0 Å². The van der Waals surface area contributed by atoms with Crippen LogP contribution in [-0.2, 0) is 4.79 Å². The highest BCUT2D eigenvalue weighted by molar-refractivity contribution is 9.10. The zero-order chi connectivity index (χ0) is 13.7.